The van der Waals surface area contributed by atoms with Crippen LogP contribution in [0.25, 0.3) is 24.3 Å². The van der Waals surface area contributed by atoms with Gasteiger partial charge in [-0.3, -0.25) is 0 Å². The summed E-state index contributed by atoms with van der Waals surface area (Å²) >= 11 is 11.2. The summed E-state index contributed by atoms with van der Waals surface area (Å²) in [5, 5.41) is 0. The SMILES string of the molecule is C1=c2/cc/c(s2)=c2\cc/c(s2)=c2\cc/c(s2)=C/C=c2/cc/c(s2)=c2\cc/c(s2)=c2\cc/c(s2)=C/1. The Morgan fingerprint density at radius 2 is 0.441 bits per heavy atom. The van der Waals surface area contributed by atoms with Gasteiger partial charge in [-0.05, 0) is 97.1 Å². The van der Waals surface area contributed by atoms with Crippen LogP contribution in [-0.4, -0.2) is 0 Å². The van der Waals surface area contributed by atoms with Gasteiger partial charge in [0.1, 0.15) is 0 Å². The summed E-state index contributed by atoms with van der Waals surface area (Å²) in [6, 6.07) is 27.0. The molecule has 0 aromatic carbocycles. The van der Waals surface area contributed by atoms with Crippen LogP contribution in [0, 0.1) is 36.3 Å². The second-order valence-corrected chi connectivity index (χ2v) is 14.4. The molecule has 34 heavy (non-hydrogen) atoms. The minimum absolute atomic E-state index is 1.29. The van der Waals surface area contributed by atoms with Gasteiger partial charge in [-0.25, -0.2) is 0 Å². The summed E-state index contributed by atoms with van der Waals surface area (Å²) in [7, 11) is 0. The van der Waals surface area contributed by atoms with Crippen LogP contribution in [0.15, 0.2) is 72.8 Å². The van der Waals surface area contributed by atoms with E-state index in [4.69, 9.17) is 0 Å². The van der Waals surface area contributed by atoms with Crippen LogP contribution in [0.2, 0.25) is 0 Å². The second kappa shape index (κ2) is 8.72. The molecule has 0 fully saturated rings. The fourth-order valence-corrected chi connectivity index (χ4v) is 9.85. The van der Waals surface area contributed by atoms with Crippen molar-refractivity contribution >= 4 is 92.3 Å². The molecule has 0 aliphatic carbocycles. The van der Waals surface area contributed by atoms with E-state index in [2.05, 4.69) is 97.1 Å². The van der Waals surface area contributed by atoms with Crippen molar-refractivity contribution in [1.82, 2.24) is 0 Å². The van der Waals surface area contributed by atoms with Crippen molar-refractivity contribution in [3.05, 3.63) is 127 Å². The van der Waals surface area contributed by atoms with Crippen LogP contribution in [0.3, 0.4) is 0 Å². The summed E-state index contributed by atoms with van der Waals surface area (Å²) in [4.78, 5) is 0. The average Bonchev–Trinajstić information content (AvgIpc) is 3.68. The Labute approximate surface area is 217 Å². The van der Waals surface area contributed by atoms with Gasteiger partial charge in [-0.2, -0.15) is 0 Å². The Kier molecular flexibility index (Phi) is 5.38. The predicted molar refractivity (Wildman–Crippen MR) is 153 cm³/mol. The van der Waals surface area contributed by atoms with Gasteiger partial charge in [0, 0.05) is 54.4 Å². The molecule has 0 atom stereocenters. The first-order chi connectivity index (χ1) is 16.8. The van der Waals surface area contributed by atoms with Crippen molar-refractivity contribution in [3.8, 4) is 0 Å². The first-order valence-electron chi connectivity index (χ1n) is 10.7. The molecule has 0 spiro atoms. The van der Waals surface area contributed by atoms with Crippen molar-refractivity contribution in [3.63, 3.8) is 0 Å². The van der Waals surface area contributed by atoms with Crippen molar-refractivity contribution in [2.24, 2.45) is 0 Å². The molecule has 0 nitrogen and oxygen atoms in total. The molecule has 1 aliphatic rings. The smallest absolute Gasteiger partial charge is 0.0449 e. The zero-order valence-corrected chi connectivity index (χ0v) is 22.6. The molecule has 0 saturated heterocycles. The third-order valence-corrected chi connectivity index (χ3v) is 12.7. The quantitative estimate of drug-likeness (QED) is 0.219. The predicted octanol–water partition coefficient (Wildman–Crippen LogP) is 6.04. The van der Waals surface area contributed by atoms with Gasteiger partial charge in [0.2, 0.25) is 0 Å². The second-order valence-electron chi connectivity index (χ2n) is 7.80. The molecule has 0 radical (unpaired) electrons. The highest BCUT2D eigenvalue weighted by molar-refractivity contribution is 7.14. The molecule has 0 amide bonds. The Morgan fingerprint density at radius 3 is 0.706 bits per heavy atom. The van der Waals surface area contributed by atoms with E-state index in [1.165, 1.54) is 54.4 Å². The van der Waals surface area contributed by atoms with Crippen LogP contribution < -0.4 is 18.1 Å². The van der Waals surface area contributed by atoms with Gasteiger partial charge >= 0.3 is 0 Å². The average molecular weight is 545 g/mol. The van der Waals surface area contributed by atoms with Gasteiger partial charge in [-0.15, -0.1) is 68.0 Å². The molecule has 7 rings (SSSR count). The van der Waals surface area contributed by atoms with Gasteiger partial charge in [0.05, 0.1) is 0 Å². The molecule has 6 heteroatoms. The zero-order chi connectivity index (χ0) is 22.5. The monoisotopic (exact) mass is 544 g/mol. The van der Waals surface area contributed by atoms with Crippen LogP contribution in [0.5, 0.6) is 0 Å². The summed E-state index contributed by atoms with van der Waals surface area (Å²) in [6.45, 7) is 0. The third kappa shape index (κ3) is 4.05. The lowest BCUT2D eigenvalue weighted by Gasteiger charge is -1.75. The molecule has 0 unspecified atom stereocenters. The maximum absolute atomic E-state index is 2.26. The molecule has 6 aromatic rings. The maximum Gasteiger partial charge on any atom is 0.0449 e. The Morgan fingerprint density at radius 1 is 0.235 bits per heavy atom. The Bertz CT molecular complexity index is 1970. The summed E-state index contributed by atoms with van der Waals surface area (Å²) < 4.78 is 15.8. The van der Waals surface area contributed by atoms with Gasteiger partial charge in [-0.1, -0.05) is 0 Å². The van der Waals surface area contributed by atoms with E-state index in [1.807, 2.05) is 68.0 Å². The van der Waals surface area contributed by atoms with Crippen molar-refractivity contribution in [1.29, 1.82) is 0 Å². The first kappa shape index (κ1) is 21.0. The number of fused-ring (bicyclic) bond motifs is 12. The van der Waals surface area contributed by atoms with Crippen LogP contribution >= 0.6 is 68.0 Å². The lowest BCUT2D eigenvalue weighted by atomic mass is 10.4. The fraction of sp³-hybridized carbons (Fsp3) is 0. The van der Waals surface area contributed by atoms with Gasteiger partial charge in [0.15, 0.2) is 0 Å². The van der Waals surface area contributed by atoms with Crippen molar-refractivity contribution < 1.29 is 0 Å². The van der Waals surface area contributed by atoms with E-state index >= 15 is 0 Å². The highest BCUT2D eigenvalue weighted by Gasteiger charge is 1.95. The number of rotatable bonds is 0. The van der Waals surface area contributed by atoms with Gasteiger partial charge in [0.25, 0.3) is 0 Å². The normalized spacial score (nSPS) is 20.7. The molecule has 0 N–H and O–H groups in total. The number of hydrogen-bond donors (Lipinski definition) is 0. The summed E-state index contributed by atoms with van der Waals surface area (Å²) in [5.74, 6) is 0. The Hall–Kier alpha value is -2.32. The molecule has 6 aromatic heterocycles. The molecule has 164 valence electrons. The molecule has 0 saturated carbocycles. The molecule has 7 heterocycles. The van der Waals surface area contributed by atoms with E-state index < -0.39 is 0 Å². The topological polar surface area (TPSA) is 0 Å². The standard InChI is InChI=1S/C28H16S6/c1-2-18-6-10-22(30-18)26-15-16-28(34-26)24-12-8-20(32-24)4-3-19-7-11-23(31-19)27-14-13-25(33-27)21-9-5-17(1)29-21/h1-16H/b2-1?,4-3?,17-1-,18-2-,19-3-,20-4-,25-21-,26-22-,27-23-,28-24-. The fourth-order valence-electron chi connectivity index (χ4n) is 3.83. The molecule has 1 aliphatic heterocycles. The van der Waals surface area contributed by atoms with E-state index in [1.54, 1.807) is 0 Å². The molecular formula is C28H16S6. The maximum atomic E-state index is 2.26. The molecular weight excluding hydrogens is 529 g/mol. The van der Waals surface area contributed by atoms with Crippen LogP contribution in [0.1, 0.15) is 0 Å². The summed E-state index contributed by atoms with van der Waals surface area (Å²) in [6.07, 6.45) is 8.98. The van der Waals surface area contributed by atoms with Crippen molar-refractivity contribution in [2.75, 3.05) is 0 Å². The van der Waals surface area contributed by atoms with E-state index in [9.17, 15) is 0 Å². The highest BCUT2D eigenvalue weighted by Crippen LogP contribution is 2.14. The minimum Gasteiger partial charge on any atom is -0.135 e. The summed E-state index contributed by atoms with van der Waals surface area (Å²) in [5.41, 5.74) is 0. The highest BCUT2D eigenvalue weighted by atomic mass is 32.1. The van der Waals surface area contributed by atoms with Crippen LogP contribution in [0.4, 0.5) is 0 Å². The third-order valence-electron chi connectivity index (χ3n) is 5.51. The number of hydrogen-bond acceptors (Lipinski definition) is 6. The van der Waals surface area contributed by atoms with Gasteiger partial charge < -0.3 is 0 Å². The lowest BCUT2D eigenvalue weighted by Crippen LogP contribution is -1.90. The van der Waals surface area contributed by atoms with E-state index in [0.717, 1.165) is 0 Å². The van der Waals surface area contributed by atoms with Crippen molar-refractivity contribution in [2.45, 2.75) is 0 Å². The minimum atomic E-state index is 1.29. The Balaban J connectivity index is 1.58. The largest absolute Gasteiger partial charge is 0.135 e. The lowest BCUT2D eigenvalue weighted by molar-refractivity contribution is 1.74. The first-order valence-corrected chi connectivity index (χ1v) is 15.6. The van der Waals surface area contributed by atoms with E-state index in [-0.39, 0.29) is 0 Å². The number of thiophene rings is 6. The van der Waals surface area contributed by atoms with Crippen LogP contribution in [-0.2, 0) is 0 Å². The zero-order valence-electron chi connectivity index (χ0n) is 17.7. The molecule has 12 bridgehead atoms. The van der Waals surface area contributed by atoms with E-state index in [0.29, 0.717) is 0 Å².